The fourth-order valence-electron chi connectivity index (χ4n) is 2.76. The van der Waals surface area contributed by atoms with Crippen molar-refractivity contribution in [2.45, 2.75) is 11.8 Å². The van der Waals surface area contributed by atoms with Crippen molar-refractivity contribution in [1.82, 2.24) is 5.16 Å². The fraction of sp³-hybridized carbons (Fsp3) is 0.176. The smallest absolute Gasteiger partial charge is 0.241 e. The highest BCUT2D eigenvalue weighted by Crippen LogP contribution is 2.44. The minimum atomic E-state index is -4.04. The molecule has 0 bridgehead atoms. The minimum absolute atomic E-state index is 0.00376. The lowest BCUT2D eigenvalue weighted by molar-refractivity contribution is 0.387. The molecule has 1 heterocycles. The zero-order valence-electron chi connectivity index (χ0n) is 14.2. The molecule has 9 heteroatoms. The molecule has 0 unspecified atom stereocenters. The molecule has 2 aromatic carbocycles. The quantitative estimate of drug-likeness (QED) is 0.743. The van der Waals surface area contributed by atoms with E-state index in [2.05, 4.69) is 11.2 Å². The van der Waals surface area contributed by atoms with Crippen LogP contribution in [0.3, 0.4) is 0 Å². The van der Waals surface area contributed by atoms with Crippen molar-refractivity contribution in [2.24, 2.45) is 5.14 Å². The number of primary sulfonamides is 1. The average molecular weight is 373 g/mol. The molecule has 8 nitrogen and oxygen atoms in total. The van der Waals surface area contributed by atoms with Gasteiger partial charge in [0.15, 0.2) is 11.3 Å². The van der Waals surface area contributed by atoms with E-state index in [0.717, 1.165) is 5.56 Å². The lowest BCUT2D eigenvalue weighted by Gasteiger charge is -2.14. The van der Waals surface area contributed by atoms with Gasteiger partial charge in [-0.25, -0.2) is 13.6 Å². The maximum atomic E-state index is 11.9. The molecule has 0 aliphatic rings. The molecular weight excluding hydrogens is 358 g/mol. The second kappa shape index (κ2) is 6.33. The van der Waals surface area contributed by atoms with Crippen molar-refractivity contribution in [2.75, 3.05) is 14.2 Å². The number of rotatable bonds is 4. The van der Waals surface area contributed by atoms with Gasteiger partial charge in [0.2, 0.25) is 10.0 Å². The lowest BCUT2D eigenvalue weighted by atomic mass is 10.0. The Labute approximate surface area is 149 Å². The Balaban J connectivity index is 2.42. The van der Waals surface area contributed by atoms with Gasteiger partial charge in [-0.1, -0.05) is 5.16 Å². The number of nitriles is 1. The monoisotopic (exact) mass is 373 g/mol. The van der Waals surface area contributed by atoms with Gasteiger partial charge in [-0.05, 0) is 30.7 Å². The van der Waals surface area contributed by atoms with Crippen molar-refractivity contribution in [3.05, 3.63) is 35.4 Å². The molecule has 0 amide bonds. The van der Waals surface area contributed by atoms with E-state index in [4.69, 9.17) is 24.4 Å². The van der Waals surface area contributed by atoms with Gasteiger partial charge in [-0.2, -0.15) is 5.26 Å². The Morgan fingerprint density at radius 3 is 2.54 bits per heavy atom. The van der Waals surface area contributed by atoms with E-state index in [0.29, 0.717) is 33.5 Å². The van der Waals surface area contributed by atoms with Crippen LogP contribution >= 0.6 is 0 Å². The van der Waals surface area contributed by atoms with Gasteiger partial charge in [0.05, 0.1) is 36.8 Å². The van der Waals surface area contributed by atoms with Gasteiger partial charge >= 0.3 is 0 Å². The van der Waals surface area contributed by atoms with Crippen LogP contribution in [0.15, 0.2) is 33.7 Å². The third kappa shape index (κ3) is 2.75. The highest BCUT2D eigenvalue weighted by molar-refractivity contribution is 7.89. The van der Waals surface area contributed by atoms with Gasteiger partial charge in [0.1, 0.15) is 16.3 Å². The van der Waals surface area contributed by atoms with E-state index < -0.39 is 10.0 Å². The molecule has 2 N–H and O–H groups in total. The number of aromatic nitrogens is 1. The Morgan fingerprint density at radius 2 is 1.96 bits per heavy atom. The number of hydrogen-bond donors (Lipinski definition) is 1. The predicted octanol–water partition coefficient (Wildman–Crippen LogP) is 2.34. The number of hydrogen-bond acceptors (Lipinski definition) is 7. The van der Waals surface area contributed by atoms with Crippen LogP contribution in [0.4, 0.5) is 0 Å². The predicted molar refractivity (Wildman–Crippen MR) is 93.4 cm³/mol. The summed E-state index contributed by atoms with van der Waals surface area (Å²) in [6.07, 6.45) is 0. The molecule has 0 aliphatic heterocycles. The van der Waals surface area contributed by atoms with Crippen LogP contribution in [0.1, 0.15) is 11.1 Å². The zero-order valence-corrected chi connectivity index (χ0v) is 15.0. The normalized spacial score (nSPS) is 11.3. The molecule has 0 saturated heterocycles. The molecule has 0 aliphatic carbocycles. The Bertz CT molecular complexity index is 1160. The number of benzene rings is 2. The number of methoxy groups -OCH3 is 2. The van der Waals surface area contributed by atoms with Crippen molar-refractivity contribution in [3.63, 3.8) is 0 Å². The average Bonchev–Trinajstić information content (AvgIpc) is 3.00. The van der Waals surface area contributed by atoms with Crippen LogP contribution in [-0.4, -0.2) is 27.8 Å². The molecule has 3 rings (SSSR count). The minimum Gasteiger partial charge on any atom is -0.496 e. The molecule has 26 heavy (non-hydrogen) atoms. The molecule has 1 aromatic heterocycles. The molecule has 3 aromatic rings. The standard InChI is InChI=1S/C17H15N3O5S/c1-9-6-11-13(7-10(9)8-18)25-20-16(11)15-12(23-2)4-5-14(17(15)24-3)26(19,21)22/h4-7H,1-3H3,(H2,19,21,22). The SMILES string of the molecule is COc1ccc(S(N)(=O)=O)c(OC)c1-c1noc2cc(C#N)c(C)cc12. The zero-order chi connectivity index (χ0) is 19.1. The summed E-state index contributed by atoms with van der Waals surface area (Å²) in [4.78, 5) is -0.197. The first-order valence-electron chi connectivity index (χ1n) is 7.40. The van der Waals surface area contributed by atoms with Crippen LogP contribution in [0.25, 0.3) is 22.2 Å². The van der Waals surface area contributed by atoms with E-state index in [1.54, 1.807) is 19.1 Å². The van der Waals surface area contributed by atoms with E-state index in [1.165, 1.54) is 26.4 Å². The third-order valence-corrected chi connectivity index (χ3v) is 4.92. The summed E-state index contributed by atoms with van der Waals surface area (Å²) in [5.41, 5.74) is 2.19. The number of nitrogens with two attached hydrogens (primary N) is 1. The Morgan fingerprint density at radius 1 is 1.23 bits per heavy atom. The summed E-state index contributed by atoms with van der Waals surface area (Å²) in [6.45, 7) is 1.78. The van der Waals surface area contributed by atoms with E-state index in [1.807, 2.05) is 0 Å². The highest BCUT2D eigenvalue weighted by atomic mass is 32.2. The third-order valence-electron chi connectivity index (χ3n) is 3.99. The maximum Gasteiger partial charge on any atom is 0.241 e. The van der Waals surface area contributed by atoms with Gasteiger partial charge in [0, 0.05) is 6.07 Å². The van der Waals surface area contributed by atoms with Crippen molar-refractivity contribution in [1.29, 1.82) is 5.26 Å². The molecular formula is C17H15N3O5S. The summed E-state index contributed by atoms with van der Waals surface area (Å²) in [7, 11) is -1.27. The molecule has 0 atom stereocenters. The molecule has 0 fully saturated rings. The molecule has 0 saturated carbocycles. The summed E-state index contributed by atoms with van der Waals surface area (Å²) in [6, 6.07) is 8.16. The van der Waals surface area contributed by atoms with Crippen molar-refractivity contribution >= 4 is 21.0 Å². The van der Waals surface area contributed by atoms with Crippen molar-refractivity contribution < 1.29 is 22.4 Å². The van der Waals surface area contributed by atoms with Crippen LogP contribution in [0.5, 0.6) is 11.5 Å². The van der Waals surface area contributed by atoms with Crippen LogP contribution in [0, 0.1) is 18.3 Å². The molecule has 134 valence electrons. The van der Waals surface area contributed by atoms with Gasteiger partial charge in [-0.15, -0.1) is 0 Å². The largest absolute Gasteiger partial charge is 0.496 e. The number of aryl methyl sites for hydroxylation is 1. The van der Waals surface area contributed by atoms with Gasteiger partial charge in [0.25, 0.3) is 0 Å². The van der Waals surface area contributed by atoms with Gasteiger partial charge < -0.3 is 14.0 Å². The second-order valence-corrected chi connectivity index (χ2v) is 7.06. The number of fused-ring (bicyclic) bond motifs is 1. The highest BCUT2D eigenvalue weighted by Gasteiger charge is 2.26. The lowest BCUT2D eigenvalue weighted by Crippen LogP contribution is -2.14. The number of sulfonamides is 1. The van der Waals surface area contributed by atoms with Crippen LogP contribution in [0.2, 0.25) is 0 Å². The summed E-state index contributed by atoms with van der Waals surface area (Å²) in [5.74, 6) is 0.343. The Hall–Kier alpha value is -3.09. The first-order valence-corrected chi connectivity index (χ1v) is 8.94. The molecule has 0 radical (unpaired) electrons. The van der Waals surface area contributed by atoms with E-state index >= 15 is 0 Å². The summed E-state index contributed by atoms with van der Waals surface area (Å²) in [5, 5.41) is 19.1. The summed E-state index contributed by atoms with van der Waals surface area (Å²) < 4.78 is 39.8. The fourth-order valence-corrected chi connectivity index (χ4v) is 3.46. The first kappa shape index (κ1) is 17.7. The van der Waals surface area contributed by atoms with E-state index in [9.17, 15) is 8.42 Å². The van der Waals surface area contributed by atoms with E-state index in [-0.39, 0.29) is 10.6 Å². The van der Waals surface area contributed by atoms with Crippen LogP contribution in [-0.2, 0) is 10.0 Å². The second-order valence-electron chi connectivity index (χ2n) is 5.53. The maximum absolute atomic E-state index is 11.9. The number of nitrogens with zero attached hydrogens (tertiary/aromatic N) is 2. The van der Waals surface area contributed by atoms with Crippen LogP contribution < -0.4 is 14.6 Å². The Kier molecular flexibility index (Phi) is 4.31. The topological polar surface area (TPSA) is 128 Å². The van der Waals surface area contributed by atoms with Crippen molar-refractivity contribution in [3.8, 4) is 28.8 Å². The first-order chi connectivity index (χ1) is 12.3. The summed E-state index contributed by atoms with van der Waals surface area (Å²) >= 11 is 0. The van der Waals surface area contributed by atoms with Gasteiger partial charge in [-0.3, -0.25) is 0 Å². The molecule has 0 spiro atoms. The number of ether oxygens (including phenoxy) is 2.